The largest absolute Gasteiger partial charge is 0.461 e. The minimum Gasteiger partial charge on any atom is -0.461 e. The number of fused-ring (bicyclic) bond motifs is 1. The monoisotopic (exact) mass is 294 g/mol. The van der Waals surface area contributed by atoms with Crippen LogP contribution in [0.2, 0.25) is 0 Å². The van der Waals surface area contributed by atoms with Gasteiger partial charge in [-0.1, -0.05) is 32.6 Å². The first-order valence-corrected chi connectivity index (χ1v) is 8.20. The molecular weight excluding hydrogens is 272 g/mol. The van der Waals surface area contributed by atoms with Gasteiger partial charge >= 0.3 is 5.97 Å². The standard InChI is InChI=1S/C15H22N2O2S/c1-3-5-6-7-8-9-12-10-17-11-13(14(18)19-4-2)16-15(17)20-12/h10-11H,3-9H2,1-2H3. The summed E-state index contributed by atoms with van der Waals surface area (Å²) < 4.78 is 6.88. The molecule has 0 aromatic carbocycles. The number of hydrogen-bond acceptors (Lipinski definition) is 4. The maximum Gasteiger partial charge on any atom is 0.358 e. The van der Waals surface area contributed by atoms with Crippen molar-refractivity contribution in [1.82, 2.24) is 9.38 Å². The van der Waals surface area contributed by atoms with Crippen molar-refractivity contribution in [2.24, 2.45) is 0 Å². The number of aromatic nitrogens is 2. The molecule has 0 aliphatic carbocycles. The Balaban J connectivity index is 1.90. The summed E-state index contributed by atoms with van der Waals surface area (Å²) in [5.74, 6) is -0.343. The van der Waals surface area contributed by atoms with Crippen LogP contribution in [-0.2, 0) is 11.2 Å². The fourth-order valence-corrected chi connectivity index (χ4v) is 3.17. The number of carbonyl (C=O) groups excluding carboxylic acids is 1. The number of unbranched alkanes of at least 4 members (excludes halogenated alkanes) is 4. The molecule has 2 heterocycles. The lowest BCUT2D eigenvalue weighted by atomic mass is 10.1. The number of imidazole rings is 1. The number of rotatable bonds is 8. The lowest BCUT2D eigenvalue weighted by molar-refractivity contribution is 0.0520. The summed E-state index contributed by atoms with van der Waals surface area (Å²) in [5.41, 5.74) is 0.396. The highest BCUT2D eigenvalue weighted by molar-refractivity contribution is 7.17. The number of hydrogen-bond donors (Lipinski definition) is 0. The molecule has 0 saturated heterocycles. The second-order valence-electron chi connectivity index (χ2n) is 4.90. The predicted molar refractivity (Wildman–Crippen MR) is 81.5 cm³/mol. The minimum absolute atomic E-state index is 0.343. The van der Waals surface area contributed by atoms with E-state index in [2.05, 4.69) is 18.1 Å². The number of thiazole rings is 1. The molecule has 2 aromatic heterocycles. The molecule has 0 bridgehead atoms. The topological polar surface area (TPSA) is 43.6 Å². The second-order valence-corrected chi connectivity index (χ2v) is 5.99. The van der Waals surface area contributed by atoms with Gasteiger partial charge in [-0.25, -0.2) is 9.78 Å². The molecule has 2 rings (SSSR count). The number of nitrogens with zero attached hydrogens (tertiary/aromatic N) is 2. The van der Waals surface area contributed by atoms with Gasteiger partial charge < -0.3 is 4.74 Å². The second kappa shape index (κ2) is 7.43. The molecule has 0 radical (unpaired) electrons. The Morgan fingerprint density at radius 2 is 2.05 bits per heavy atom. The van der Waals surface area contributed by atoms with E-state index >= 15 is 0 Å². The summed E-state index contributed by atoms with van der Waals surface area (Å²) in [7, 11) is 0. The van der Waals surface area contributed by atoms with Gasteiger partial charge in [-0.05, 0) is 19.8 Å². The lowest BCUT2D eigenvalue weighted by Gasteiger charge is -1.98. The van der Waals surface area contributed by atoms with Crippen LogP contribution in [0.4, 0.5) is 0 Å². The third-order valence-corrected chi connectivity index (χ3v) is 4.27. The summed E-state index contributed by atoms with van der Waals surface area (Å²) in [5, 5.41) is 0. The number of carbonyl (C=O) groups is 1. The quantitative estimate of drug-likeness (QED) is 0.544. The molecule has 20 heavy (non-hydrogen) atoms. The Kier molecular flexibility index (Phi) is 5.59. The summed E-state index contributed by atoms with van der Waals surface area (Å²) in [6.45, 7) is 4.41. The molecular formula is C15H22N2O2S. The molecule has 0 amide bonds. The molecule has 0 saturated carbocycles. The zero-order valence-electron chi connectivity index (χ0n) is 12.2. The first-order chi connectivity index (χ1) is 9.74. The molecule has 5 heteroatoms. The molecule has 110 valence electrons. The van der Waals surface area contributed by atoms with E-state index in [1.54, 1.807) is 24.5 Å². The van der Waals surface area contributed by atoms with Gasteiger partial charge in [0.05, 0.1) is 6.61 Å². The van der Waals surface area contributed by atoms with Crippen LogP contribution in [0.25, 0.3) is 4.96 Å². The van der Waals surface area contributed by atoms with Crippen LogP contribution in [-0.4, -0.2) is 22.0 Å². The van der Waals surface area contributed by atoms with Gasteiger partial charge in [0.15, 0.2) is 10.7 Å². The van der Waals surface area contributed by atoms with E-state index in [-0.39, 0.29) is 5.97 Å². The maximum absolute atomic E-state index is 11.6. The molecule has 0 aliphatic heterocycles. The highest BCUT2D eigenvalue weighted by atomic mass is 32.1. The Labute approximate surface area is 123 Å². The van der Waals surface area contributed by atoms with Gasteiger partial charge in [-0.3, -0.25) is 4.40 Å². The van der Waals surface area contributed by atoms with Gasteiger partial charge in [0.1, 0.15) is 0 Å². The zero-order chi connectivity index (χ0) is 14.4. The number of esters is 1. The van der Waals surface area contributed by atoms with Crippen LogP contribution in [0.3, 0.4) is 0 Å². The van der Waals surface area contributed by atoms with Crippen molar-refractivity contribution in [2.45, 2.75) is 52.4 Å². The fourth-order valence-electron chi connectivity index (χ4n) is 2.17. The zero-order valence-corrected chi connectivity index (χ0v) is 13.0. The van der Waals surface area contributed by atoms with Gasteiger partial charge in [0.25, 0.3) is 0 Å². The van der Waals surface area contributed by atoms with Gasteiger partial charge in [0, 0.05) is 17.3 Å². The fraction of sp³-hybridized carbons (Fsp3) is 0.600. The van der Waals surface area contributed by atoms with Crippen LogP contribution in [0, 0.1) is 0 Å². The van der Waals surface area contributed by atoms with Crippen molar-refractivity contribution in [3.63, 3.8) is 0 Å². The highest BCUT2D eigenvalue weighted by Crippen LogP contribution is 2.20. The van der Waals surface area contributed by atoms with E-state index in [0.29, 0.717) is 12.3 Å². The van der Waals surface area contributed by atoms with Crippen molar-refractivity contribution in [2.75, 3.05) is 6.61 Å². The van der Waals surface area contributed by atoms with Crippen LogP contribution in [0.1, 0.15) is 61.3 Å². The minimum atomic E-state index is -0.343. The van der Waals surface area contributed by atoms with E-state index in [1.165, 1.54) is 37.0 Å². The van der Waals surface area contributed by atoms with Gasteiger partial charge in [0.2, 0.25) is 0 Å². The molecule has 0 aliphatic rings. The Morgan fingerprint density at radius 3 is 2.75 bits per heavy atom. The van der Waals surface area contributed by atoms with Crippen LogP contribution in [0.5, 0.6) is 0 Å². The Hall–Kier alpha value is -1.36. The SMILES string of the molecule is CCCCCCCc1cn2cc(C(=O)OCC)nc2s1. The van der Waals surface area contributed by atoms with E-state index in [4.69, 9.17) is 4.74 Å². The van der Waals surface area contributed by atoms with Crippen molar-refractivity contribution in [3.8, 4) is 0 Å². The lowest BCUT2D eigenvalue weighted by Crippen LogP contribution is -2.04. The van der Waals surface area contributed by atoms with Crippen LogP contribution in [0.15, 0.2) is 12.4 Å². The summed E-state index contributed by atoms with van der Waals surface area (Å²) in [4.78, 5) is 18.1. The molecule has 0 atom stereocenters. The predicted octanol–water partition coefficient (Wildman–Crippen LogP) is 4.09. The van der Waals surface area contributed by atoms with Crippen molar-refractivity contribution in [1.29, 1.82) is 0 Å². The highest BCUT2D eigenvalue weighted by Gasteiger charge is 2.13. The molecule has 0 unspecified atom stereocenters. The first-order valence-electron chi connectivity index (χ1n) is 7.39. The van der Waals surface area contributed by atoms with E-state index in [0.717, 1.165) is 11.4 Å². The molecule has 0 N–H and O–H groups in total. The maximum atomic E-state index is 11.6. The third kappa shape index (κ3) is 3.82. The van der Waals surface area contributed by atoms with Crippen LogP contribution >= 0.6 is 11.3 Å². The third-order valence-electron chi connectivity index (χ3n) is 3.22. The smallest absolute Gasteiger partial charge is 0.358 e. The molecule has 0 spiro atoms. The Morgan fingerprint density at radius 1 is 1.25 bits per heavy atom. The molecule has 2 aromatic rings. The molecule has 0 fully saturated rings. The van der Waals surface area contributed by atoms with Gasteiger partial charge in [-0.2, -0.15) is 0 Å². The average molecular weight is 294 g/mol. The average Bonchev–Trinajstić information content (AvgIpc) is 2.97. The summed E-state index contributed by atoms with van der Waals surface area (Å²) >= 11 is 1.66. The summed E-state index contributed by atoms with van der Waals surface area (Å²) in [6.07, 6.45) is 11.4. The van der Waals surface area contributed by atoms with Crippen molar-refractivity contribution >= 4 is 22.3 Å². The Bertz CT molecular complexity index is 528. The molecule has 4 nitrogen and oxygen atoms in total. The van der Waals surface area contributed by atoms with Gasteiger partial charge in [-0.15, -0.1) is 11.3 Å². The van der Waals surface area contributed by atoms with Crippen molar-refractivity contribution in [3.05, 3.63) is 23.0 Å². The van der Waals surface area contributed by atoms with E-state index < -0.39 is 0 Å². The van der Waals surface area contributed by atoms with E-state index in [9.17, 15) is 4.79 Å². The normalized spacial score (nSPS) is 11.1. The number of aryl methyl sites for hydroxylation is 1. The first kappa shape index (κ1) is 15.0. The van der Waals surface area contributed by atoms with Crippen molar-refractivity contribution < 1.29 is 9.53 Å². The summed E-state index contributed by atoms with van der Waals surface area (Å²) in [6, 6.07) is 0. The van der Waals surface area contributed by atoms with E-state index in [1.807, 2.05) is 4.40 Å². The van der Waals surface area contributed by atoms with Crippen LogP contribution < -0.4 is 0 Å². The number of ether oxygens (including phenoxy) is 1.